The van der Waals surface area contributed by atoms with Crippen molar-refractivity contribution in [1.82, 2.24) is 0 Å². The highest BCUT2D eigenvalue weighted by Gasteiger charge is 1.79. The van der Waals surface area contributed by atoms with Crippen LogP contribution in [-0.2, 0) is 0 Å². The van der Waals surface area contributed by atoms with Gasteiger partial charge in [-0.1, -0.05) is 24.1 Å². The maximum Gasteiger partial charge on any atom is 0.0334 e. The summed E-state index contributed by atoms with van der Waals surface area (Å²) in [5.74, 6) is 7.08. The summed E-state index contributed by atoms with van der Waals surface area (Å²) in [4.78, 5) is 0. The highest BCUT2D eigenvalue weighted by molar-refractivity contribution is 5.36. The molecular formula is C10H4. The standard InChI is InChI=1S/C10H4/c1-2-3-7-10-8-5-4-6-9-10/h4-6,8H. The molecule has 1 aromatic rings. The smallest absolute Gasteiger partial charge is 0.0334 e. The lowest BCUT2D eigenvalue weighted by molar-refractivity contribution is 1.63. The lowest BCUT2D eigenvalue weighted by Crippen LogP contribution is -1.69. The molecule has 0 aliphatic carbocycles. The van der Waals surface area contributed by atoms with E-state index in [1.54, 1.807) is 6.07 Å². The Morgan fingerprint density at radius 3 is 2.90 bits per heavy atom. The fourth-order valence-electron chi connectivity index (χ4n) is 0.570. The Bertz CT molecular complexity index is 290. The Balaban J connectivity index is 2.89. The molecule has 44 valence electrons. The molecular weight excluding hydrogens is 120 g/mol. The maximum absolute atomic E-state index is 6.51. The Labute approximate surface area is 60.9 Å². The number of hydrogen-bond donors (Lipinski definition) is 0. The van der Waals surface area contributed by atoms with Crippen molar-refractivity contribution < 1.29 is 0 Å². The van der Waals surface area contributed by atoms with Gasteiger partial charge in [-0.3, -0.25) is 0 Å². The third-order valence-electron chi connectivity index (χ3n) is 0.969. The van der Waals surface area contributed by atoms with E-state index in [0.29, 0.717) is 0 Å². The van der Waals surface area contributed by atoms with Crippen LogP contribution >= 0.6 is 0 Å². The van der Waals surface area contributed by atoms with Crippen molar-refractivity contribution in [2.45, 2.75) is 0 Å². The van der Waals surface area contributed by atoms with Crippen LogP contribution in [0.4, 0.5) is 0 Å². The van der Waals surface area contributed by atoms with E-state index in [1.165, 1.54) is 0 Å². The Kier molecular flexibility index (Phi) is 2.18. The molecule has 0 atom stereocenters. The monoisotopic (exact) mass is 124 g/mol. The summed E-state index contributed by atoms with van der Waals surface area (Å²) in [6, 6.07) is 10.3. The van der Waals surface area contributed by atoms with Crippen LogP contribution in [0.25, 0.3) is 0 Å². The minimum Gasteiger partial charge on any atom is -0.0616 e. The first-order valence-electron chi connectivity index (χ1n) is 2.83. The Hall–Kier alpha value is -1.66. The molecule has 0 heterocycles. The molecule has 0 aromatic heterocycles. The molecule has 0 spiro atoms. The largest absolute Gasteiger partial charge is 0.0616 e. The first kappa shape index (κ1) is 6.46. The molecule has 0 nitrogen and oxygen atoms in total. The van der Waals surface area contributed by atoms with Gasteiger partial charge in [-0.15, -0.1) is 0 Å². The second kappa shape index (κ2) is 3.38. The normalized spacial score (nSPS) is 7.10. The third kappa shape index (κ3) is 1.69. The van der Waals surface area contributed by atoms with E-state index < -0.39 is 0 Å². The van der Waals surface area contributed by atoms with E-state index in [-0.39, 0.29) is 0 Å². The van der Waals surface area contributed by atoms with Crippen molar-refractivity contribution in [2.75, 3.05) is 0 Å². The molecule has 1 aromatic carbocycles. The molecule has 0 aliphatic rings. The van der Waals surface area contributed by atoms with Crippen molar-refractivity contribution in [1.29, 1.82) is 0 Å². The molecule has 0 amide bonds. The van der Waals surface area contributed by atoms with E-state index in [9.17, 15) is 0 Å². The van der Waals surface area contributed by atoms with Crippen LogP contribution < -0.4 is 0 Å². The van der Waals surface area contributed by atoms with Crippen LogP contribution in [0.1, 0.15) is 5.56 Å². The highest BCUT2D eigenvalue weighted by Crippen LogP contribution is 1.92. The Morgan fingerprint density at radius 2 is 2.30 bits per heavy atom. The van der Waals surface area contributed by atoms with E-state index in [4.69, 9.17) is 6.42 Å². The van der Waals surface area contributed by atoms with Gasteiger partial charge in [-0.2, -0.15) is 0 Å². The zero-order valence-corrected chi connectivity index (χ0v) is 5.31. The fraction of sp³-hybridized carbons (Fsp3) is 0. The molecule has 0 bridgehead atoms. The molecule has 2 radical (unpaired) electrons. The molecule has 10 heavy (non-hydrogen) atoms. The van der Waals surface area contributed by atoms with Crippen LogP contribution in [0.5, 0.6) is 0 Å². The van der Waals surface area contributed by atoms with E-state index in [0.717, 1.165) is 5.56 Å². The average molecular weight is 124 g/mol. The first-order chi connectivity index (χ1) is 4.93. The third-order valence-corrected chi connectivity index (χ3v) is 0.969. The van der Waals surface area contributed by atoms with Crippen LogP contribution in [0.15, 0.2) is 24.3 Å². The minimum atomic E-state index is 0.794. The first-order valence-corrected chi connectivity index (χ1v) is 2.83. The quantitative estimate of drug-likeness (QED) is 0.459. The van der Waals surface area contributed by atoms with Gasteiger partial charge in [-0.25, -0.2) is 0 Å². The molecule has 0 fully saturated rings. The summed E-state index contributed by atoms with van der Waals surface area (Å²) in [6.45, 7) is 0. The van der Waals surface area contributed by atoms with Crippen molar-refractivity contribution in [3.05, 3.63) is 42.3 Å². The fourth-order valence-corrected chi connectivity index (χ4v) is 0.570. The summed E-state index contributed by atoms with van der Waals surface area (Å²) in [5.41, 5.74) is 0.794. The SMILES string of the molecule is [C]#CC#Cc1[c]cccc1. The maximum atomic E-state index is 6.51. The van der Waals surface area contributed by atoms with Gasteiger partial charge in [-0.05, 0) is 30.4 Å². The molecule has 0 unspecified atom stereocenters. The molecule has 0 saturated heterocycles. The topological polar surface area (TPSA) is 0 Å². The lowest BCUT2D eigenvalue weighted by Gasteiger charge is -1.82. The van der Waals surface area contributed by atoms with Gasteiger partial charge in [0.25, 0.3) is 0 Å². The van der Waals surface area contributed by atoms with Gasteiger partial charge in [0.05, 0.1) is 0 Å². The molecule has 1 rings (SSSR count). The molecule has 0 heteroatoms. The van der Waals surface area contributed by atoms with Crippen LogP contribution in [0.3, 0.4) is 0 Å². The van der Waals surface area contributed by atoms with E-state index in [2.05, 4.69) is 17.9 Å². The minimum absolute atomic E-state index is 0.794. The van der Waals surface area contributed by atoms with Crippen molar-refractivity contribution in [3.63, 3.8) is 0 Å². The van der Waals surface area contributed by atoms with Crippen molar-refractivity contribution in [2.24, 2.45) is 0 Å². The van der Waals surface area contributed by atoms with Crippen molar-refractivity contribution in [3.8, 4) is 17.8 Å². The van der Waals surface area contributed by atoms with Gasteiger partial charge in [0, 0.05) is 5.56 Å². The van der Waals surface area contributed by atoms with E-state index in [1.807, 2.05) is 24.1 Å². The Morgan fingerprint density at radius 1 is 1.40 bits per heavy atom. The van der Waals surface area contributed by atoms with Gasteiger partial charge >= 0.3 is 0 Å². The lowest BCUT2D eigenvalue weighted by atomic mass is 10.2. The molecule has 0 saturated carbocycles. The summed E-state index contributed by atoms with van der Waals surface area (Å²) in [6.07, 6.45) is 6.51. The number of benzene rings is 1. The van der Waals surface area contributed by atoms with Crippen LogP contribution in [0, 0.1) is 30.3 Å². The zero-order chi connectivity index (χ0) is 7.23. The summed E-state index contributed by atoms with van der Waals surface area (Å²) >= 11 is 0. The van der Waals surface area contributed by atoms with Crippen LogP contribution in [0.2, 0.25) is 0 Å². The van der Waals surface area contributed by atoms with Crippen molar-refractivity contribution >= 4 is 0 Å². The molecule has 0 aliphatic heterocycles. The highest BCUT2D eigenvalue weighted by atomic mass is 13.8. The van der Waals surface area contributed by atoms with E-state index >= 15 is 0 Å². The second-order valence-electron chi connectivity index (χ2n) is 1.65. The predicted octanol–water partition coefficient (Wildman–Crippen LogP) is 1.43. The average Bonchev–Trinajstić information content (AvgIpc) is 2.03. The van der Waals surface area contributed by atoms with Gasteiger partial charge in [0.2, 0.25) is 0 Å². The summed E-state index contributed by atoms with van der Waals surface area (Å²) in [5, 5.41) is 0. The predicted molar refractivity (Wildman–Crippen MR) is 39.3 cm³/mol. The summed E-state index contributed by atoms with van der Waals surface area (Å²) < 4.78 is 0. The van der Waals surface area contributed by atoms with Gasteiger partial charge in [0.1, 0.15) is 0 Å². The van der Waals surface area contributed by atoms with Crippen LogP contribution in [-0.4, -0.2) is 0 Å². The number of rotatable bonds is 0. The molecule has 0 N–H and O–H groups in total. The van der Waals surface area contributed by atoms with Gasteiger partial charge in [0.15, 0.2) is 0 Å². The second-order valence-corrected chi connectivity index (χ2v) is 1.65. The van der Waals surface area contributed by atoms with Gasteiger partial charge < -0.3 is 0 Å². The number of hydrogen-bond acceptors (Lipinski definition) is 0. The summed E-state index contributed by atoms with van der Waals surface area (Å²) in [7, 11) is 0. The zero-order valence-electron chi connectivity index (χ0n) is 5.31.